The Kier molecular flexibility index (Phi) is 6.92. The Balaban J connectivity index is 1.68. The number of fused-ring (bicyclic) bond motifs is 1. The van der Waals surface area contributed by atoms with E-state index >= 15 is 0 Å². The Bertz CT molecular complexity index is 1270. The zero-order valence-corrected chi connectivity index (χ0v) is 20.3. The molecule has 2 aromatic rings. The van der Waals surface area contributed by atoms with Crippen LogP contribution in [0.2, 0.25) is 0 Å². The molecule has 4 rings (SSSR count). The van der Waals surface area contributed by atoms with E-state index < -0.39 is 23.8 Å². The molecule has 180 valence electrons. The third kappa shape index (κ3) is 4.78. The van der Waals surface area contributed by atoms with E-state index in [2.05, 4.69) is 10.3 Å². The van der Waals surface area contributed by atoms with Crippen molar-refractivity contribution in [2.75, 3.05) is 26.6 Å². The average molecular weight is 494 g/mol. The molecule has 0 aliphatic carbocycles. The second-order valence-corrected chi connectivity index (χ2v) is 8.57. The summed E-state index contributed by atoms with van der Waals surface area (Å²) in [5, 5.41) is 3.07. The lowest BCUT2D eigenvalue weighted by Crippen LogP contribution is -2.45. The van der Waals surface area contributed by atoms with Crippen molar-refractivity contribution in [2.24, 2.45) is 4.99 Å². The molecule has 35 heavy (non-hydrogen) atoms. The lowest BCUT2D eigenvalue weighted by molar-refractivity contribution is -0.137. The van der Waals surface area contributed by atoms with Gasteiger partial charge in [-0.15, -0.1) is 0 Å². The van der Waals surface area contributed by atoms with Gasteiger partial charge >= 0.3 is 5.97 Å². The lowest BCUT2D eigenvalue weighted by atomic mass is 9.94. The third-order valence-corrected chi connectivity index (χ3v) is 6.49. The lowest BCUT2D eigenvalue weighted by Gasteiger charge is -2.38. The summed E-state index contributed by atoms with van der Waals surface area (Å²) in [7, 11) is 4.39. The maximum absolute atomic E-state index is 13.3. The number of anilines is 1. The predicted octanol–water partition coefficient (Wildman–Crippen LogP) is 3.66. The van der Waals surface area contributed by atoms with Gasteiger partial charge in [-0.2, -0.15) is 0 Å². The number of thioether (sulfide) groups is 1. The molecule has 0 unspecified atom stereocenters. The number of hydrogen-bond acceptors (Lipinski definition) is 8. The first-order chi connectivity index (χ1) is 16.9. The molecule has 10 heteroatoms. The number of ether oxygens (including phenoxy) is 3. The maximum Gasteiger partial charge on any atom is 0.338 e. The quantitative estimate of drug-likeness (QED) is 0.612. The van der Waals surface area contributed by atoms with E-state index in [4.69, 9.17) is 14.2 Å². The number of hydrogen-bond donors (Lipinski definition) is 1. The van der Waals surface area contributed by atoms with Gasteiger partial charge in [-0.1, -0.05) is 12.1 Å². The monoisotopic (exact) mass is 493 g/mol. The summed E-state index contributed by atoms with van der Waals surface area (Å²) in [4.78, 5) is 45.0. The molecule has 1 N–H and O–H groups in total. The largest absolute Gasteiger partial charge is 0.497 e. The van der Waals surface area contributed by atoms with Crippen LogP contribution in [0, 0.1) is 0 Å². The van der Waals surface area contributed by atoms with Crippen molar-refractivity contribution >= 4 is 40.4 Å². The molecular weight excluding hydrogens is 470 g/mol. The fourth-order valence-corrected chi connectivity index (χ4v) is 4.72. The van der Waals surface area contributed by atoms with Crippen LogP contribution in [0.5, 0.6) is 11.5 Å². The number of carbonyl (C=O) groups is 3. The van der Waals surface area contributed by atoms with Gasteiger partial charge < -0.3 is 19.5 Å². The molecule has 0 bridgehead atoms. The molecule has 0 spiro atoms. The molecule has 1 atom stereocenters. The van der Waals surface area contributed by atoms with Gasteiger partial charge in [0, 0.05) is 11.8 Å². The molecular formula is C25H23N3O6S. The highest BCUT2D eigenvalue weighted by atomic mass is 32.2. The normalized spacial score (nSPS) is 17.2. The first kappa shape index (κ1) is 24.1. The van der Waals surface area contributed by atoms with Gasteiger partial charge in [0.15, 0.2) is 5.17 Å². The summed E-state index contributed by atoms with van der Waals surface area (Å²) in [5.41, 5.74) is 1.88. The molecule has 0 saturated carbocycles. The molecule has 0 radical (unpaired) electrons. The number of amidine groups is 1. The second kappa shape index (κ2) is 10.1. The highest BCUT2D eigenvalue weighted by molar-refractivity contribution is 8.18. The second-order valence-electron chi connectivity index (χ2n) is 7.56. The summed E-state index contributed by atoms with van der Waals surface area (Å²) >= 11 is 1.05. The predicted molar refractivity (Wildman–Crippen MR) is 132 cm³/mol. The van der Waals surface area contributed by atoms with Crippen molar-refractivity contribution in [3.05, 3.63) is 76.3 Å². The van der Waals surface area contributed by atoms with E-state index in [1.165, 1.54) is 18.1 Å². The number of aliphatic imine (C=N–C) groups is 1. The van der Waals surface area contributed by atoms with E-state index in [0.717, 1.165) is 11.8 Å². The smallest absolute Gasteiger partial charge is 0.338 e. The van der Waals surface area contributed by atoms with E-state index in [9.17, 15) is 14.4 Å². The number of methoxy groups -OCH3 is 3. The van der Waals surface area contributed by atoms with Crippen LogP contribution in [0.1, 0.15) is 18.5 Å². The maximum atomic E-state index is 13.3. The zero-order valence-electron chi connectivity index (χ0n) is 19.5. The van der Waals surface area contributed by atoms with Crippen molar-refractivity contribution in [1.82, 2.24) is 4.90 Å². The minimum Gasteiger partial charge on any atom is -0.497 e. The fourth-order valence-electron chi connectivity index (χ4n) is 3.75. The molecule has 0 fully saturated rings. The van der Waals surface area contributed by atoms with Gasteiger partial charge in [0.2, 0.25) is 0 Å². The van der Waals surface area contributed by atoms with E-state index in [-0.39, 0.29) is 10.5 Å². The number of carbonyl (C=O) groups excluding carboxylic acids is 3. The van der Waals surface area contributed by atoms with Gasteiger partial charge in [0.1, 0.15) is 11.5 Å². The van der Waals surface area contributed by atoms with Crippen LogP contribution in [-0.2, 0) is 19.1 Å². The fraction of sp³-hybridized carbons (Fsp3) is 0.200. The van der Waals surface area contributed by atoms with Crippen LogP contribution < -0.4 is 14.8 Å². The average Bonchev–Trinajstić information content (AvgIpc) is 2.87. The van der Waals surface area contributed by atoms with Gasteiger partial charge in [-0.25, -0.2) is 9.79 Å². The summed E-state index contributed by atoms with van der Waals surface area (Å²) in [6.07, 6.45) is 1.24. The van der Waals surface area contributed by atoms with E-state index in [1.807, 2.05) is 0 Å². The first-order valence-corrected chi connectivity index (χ1v) is 11.4. The molecule has 2 aliphatic heterocycles. The molecule has 2 aromatic carbocycles. The van der Waals surface area contributed by atoms with E-state index in [1.54, 1.807) is 69.7 Å². The van der Waals surface area contributed by atoms with Crippen molar-refractivity contribution in [3.8, 4) is 11.5 Å². The Morgan fingerprint density at radius 1 is 0.971 bits per heavy atom. The minimum atomic E-state index is -0.775. The Labute approximate surface area is 206 Å². The molecule has 2 amide bonds. The highest BCUT2D eigenvalue weighted by Crippen LogP contribution is 2.42. The van der Waals surface area contributed by atoms with Crippen molar-refractivity contribution in [1.29, 1.82) is 0 Å². The number of allylic oxidation sites excluding steroid dienone is 1. The Morgan fingerprint density at radius 2 is 1.57 bits per heavy atom. The standard InChI is InChI=1S/C25H23N3O6S/c1-14-21(24(31)34-4)22(15-5-9-17(32-2)10-6-15)28-20(29)13-19(35-25(28)26-14)23(30)27-16-7-11-18(33-3)12-8-16/h5-13,22H,1-4H3,(H,27,30)/t22-/m1/s1. The highest BCUT2D eigenvalue weighted by Gasteiger charge is 2.42. The van der Waals surface area contributed by atoms with Gasteiger partial charge in [0.05, 0.1) is 43.5 Å². The van der Waals surface area contributed by atoms with Crippen LogP contribution in [0.15, 0.2) is 75.8 Å². The first-order valence-electron chi connectivity index (χ1n) is 10.6. The molecule has 0 saturated heterocycles. The van der Waals surface area contributed by atoms with Crippen molar-refractivity contribution in [3.63, 3.8) is 0 Å². The van der Waals surface area contributed by atoms with Crippen molar-refractivity contribution < 1.29 is 28.6 Å². The molecule has 2 heterocycles. The van der Waals surface area contributed by atoms with Crippen LogP contribution in [0.25, 0.3) is 0 Å². The van der Waals surface area contributed by atoms with Gasteiger partial charge in [0.25, 0.3) is 11.8 Å². The van der Waals surface area contributed by atoms with Crippen LogP contribution >= 0.6 is 11.8 Å². The van der Waals surface area contributed by atoms with Crippen molar-refractivity contribution in [2.45, 2.75) is 13.0 Å². The zero-order chi connectivity index (χ0) is 25.1. The molecule has 9 nitrogen and oxygen atoms in total. The summed E-state index contributed by atoms with van der Waals surface area (Å²) in [6.45, 7) is 1.67. The number of amides is 2. The van der Waals surface area contributed by atoms with E-state index in [0.29, 0.717) is 33.6 Å². The Hall–Kier alpha value is -4.05. The minimum absolute atomic E-state index is 0.184. The van der Waals surface area contributed by atoms with Gasteiger partial charge in [-0.3, -0.25) is 14.5 Å². The van der Waals surface area contributed by atoms with Crippen LogP contribution in [0.3, 0.4) is 0 Å². The number of nitrogens with one attached hydrogen (secondary N) is 1. The molecule has 0 aromatic heterocycles. The number of esters is 1. The van der Waals surface area contributed by atoms with Crippen LogP contribution in [-0.4, -0.2) is 49.2 Å². The third-order valence-electron chi connectivity index (χ3n) is 5.49. The number of nitrogens with zero attached hydrogens (tertiary/aromatic N) is 2. The summed E-state index contributed by atoms with van der Waals surface area (Å²) in [5.74, 6) is -0.217. The Morgan fingerprint density at radius 3 is 2.14 bits per heavy atom. The van der Waals surface area contributed by atoms with Gasteiger partial charge in [-0.05, 0) is 60.6 Å². The summed E-state index contributed by atoms with van der Waals surface area (Å²) < 4.78 is 15.3. The SMILES string of the molecule is COC(=O)C1=C(C)N=C2SC(C(=O)Nc3ccc(OC)cc3)=CC(=O)N2[C@@H]1c1ccc(OC)cc1. The number of benzene rings is 2. The summed E-state index contributed by atoms with van der Waals surface area (Å²) in [6, 6.07) is 13.1. The number of rotatable bonds is 6. The van der Waals surface area contributed by atoms with Crippen LogP contribution in [0.4, 0.5) is 5.69 Å². The molecule has 2 aliphatic rings. The topological polar surface area (TPSA) is 107 Å².